The predicted molar refractivity (Wildman–Crippen MR) is 101 cm³/mol. The van der Waals surface area contributed by atoms with Crippen LogP contribution in [0.5, 0.6) is 0 Å². The van der Waals surface area contributed by atoms with Crippen LogP contribution in [0.4, 0.5) is 11.5 Å². The first-order valence-corrected chi connectivity index (χ1v) is 10.0. The minimum absolute atomic E-state index is 0.271. The number of pyridine rings is 2. The number of hydrogen-bond acceptors (Lipinski definition) is 6. The zero-order chi connectivity index (χ0) is 17.7. The van der Waals surface area contributed by atoms with Gasteiger partial charge in [0.05, 0.1) is 11.9 Å². The molecule has 8 heteroatoms. The van der Waals surface area contributed by atoms with Gasteiger partial charge < -0.3 is 4.90 Å². The summed E-state index contributed by atoms with van der Waals surface area (Å²) in [4.78, 5) is 10.3. The predicted octanol–water partition coefficient (Wildman–Crippen LogP) is 3.02. The van der Waals surface area contributed by atoms with Gasteiger partial charge in [-0.3, -0.25) is 9.71 Å². The van der Waals surface area contributed by atoms with Crippen LogP contribution in [0.3, 0.4) is 0 Å². The van der Waals surface area contributed by atoms with Gasteiger partial charge in [0.2, 0.25) is 0 Å². The summed E-state index contributed by atoms with van der Waals surface area (Å²) in [5, 5.41) is 1.73. The van der Waals surface area contributed by atoms with Crippen molar-refractivity contribution in [3.05, 3.63) is 65.9 Å². The molecule has 25 heavy (non-hydrogen) atoms. The first-order chi connectivity index (χ1) is 12.0. The summed E-state index contributed by atoms with van der Waals surface area (Å²) < 4.78 is 27.1. The van der Waals surface area contributed by atoms with Gasteiger partial charge in [0.25, 0.3) is 10.0 Å². The molecule has 3 aromatic heterocycles. The van der Waals surface area contributed by atoms with Crippen LogP contribution < -0.4 is 9.62 Å². The van der Waals surface area contributed by atoms with E-state index in [-0.39, 0.29) is 4.21 Å². The Balaban J connectivity index is 1.62. The molecule has 0 bridgehead atoms. The molecule has 0 atom stereocenters. The maximum atomic E-state index is 12.2. The second-order valence-electron chi connectivity index (χ2n) is 5.47. The molecule has 3 rings (SSSR count). The first kappa shape index (κ1) is 17.4. The normalized spacial score (nSPS) is 11.2. The molecule has 0 unspecified atom stereocenters. The van der Waals surface area contributed by atoms with Crippen LogP contribution in [0.25, 0.3) is 0 Å². The number of anilines is 2. The topological polar surface area (TPSA) is 75.2 Å². The molecule has 0 fully saturated rings. The van der Waals surface area contributed by atoms with Gasteiger partial charge in [0.1, 0.15) is 10.0 Å². The van der Waals surface area contributed by atoms with Crippen LogP contribution >= 0.6 is 11.3 Å². The van der Waals surface area contributed by atoms with E-state index >= 15 is 0 Å². The fraction of sp³-hybridized carbons (Fsp3) is 0.176. The van der Waals surface area contributed by atoms with E-state index in [2.05, 4.69) is 19.6 Å². The largest absolute Gasteiger partial charge is 0.373 e. The zero-order valence-corrected chi connectivity index (χ0v) is 15.3. The van der Waals surface area contributed by atoms with Gasteiger partial charge in [-0.05, 0) is 47.7 Å². The molecule has 3 heterocycles. The third-order valence-electron chi connectivity index (χ3n) is 3.67. The Hall–Kier alpha value is -2.45. The fourth-order valence-corrected chi connectivity index (χ4v) is 4.25. The molecular formula is C17H18N4O2S2. The molecule has 0 radical (unpaired) electrons. The lowest BCUT2D eigenvalue weighted by atomic mass is 10.2. The van der Waals surface area contributed by atoms with Crippen molar-refractivity contribution in [2.75, 3.05) is 23.2 Å². The average Bonchev–Trinajstić information content (AvgIpc) is 3.17. The Morgan fingerprint density at radius 1 is 1.16 bits per heavy atom. The monoisotopic (exact) mass is 374 g/mol. The Kier molecular flexibility index (Phi) is 5.30. The number of likely N-dealkylation sites (N-methyl/N-ethyl adjacent to an activating group) is 1. The van der Waals surface area contributed by atoms with Crippen LogP contribution in [0.1, 0.15) is 5.56 Å². The lowest BCUT2D eigenvalue weighted by Crippen LogP contribution is -2.20. The van der Waals surface area contributed by atoms with Crippen LogP contribution in [-0.4, -0.2) is 32.0 Å². The molecule has 3 aromatic rings. The van der Waals surface area contributed by atoms with E-state index in [9.17, 15) is 8.42 Å². The van der Waals surface area contributed by atoms with Crippen LogP contribution in [0.15, 0.2) is 64.6 Å². The van der Waals surface area contributed by atoms with Crippen molar-refractivity contribution >= 4 is 32.9 Å². The smallest absolute Gasteiger partial charge is 0.272 e. The van der Waals surface area contributed by atoms with Crippen molar-refractivity contribution in [3.63, 3.8) is 0 Å². The molecule has 0 aliphatic carbocycles. The molecule has 6 nitrogen and oxygen atoms in total. The SMILES string of the molecule is CN(CCc1ccncc1)c1ccc(NS(=O)(=O)c2cccs2)nc1. The molecule has 0 spiro atoms. The number of sulfonamides is 1. The van der Waals surface area contributed by atoms with Crippen LogP contribution in [-0.2, 0) is 16.4 Å². The number of thiophene rings is 1. The second-order valence-corrected chi connectivity index (χ2v) is 8.32. The first-order valence-electron chi connectivity index (χ1n) is 7.67. The molecule has 0 aromatic carbocycles. The van der Waals surface area contributed by atoms with E-state index in [4.69, 9.17) is 0 Å². The number of aromatic nitrogens is 2. The van der Waals surface area contributed by atoms with Gasteiger partial charge in [-0.2, -0.15) is 0 Å². The van der Waals surface area contributed by atoms with E-state index in [0.717, 1.165) is 18.7 Å². The van der Waals surface area contributed by atoms with Crippen molar-refractivity contribution in [1.29, 1.82) is 0 Å². The number of nitrogens with zero attached hydrogens (tertiary/aromatic N) is 3. The standard InChI is InChI=1S/C17H18N4O2S2/c1-21(11-8-14-6-9-18-10-7-14)15-4-5-16(19-13-15)20-25(22,23)17-3-2-12-24-17/h2-7,9-10,12-13H,8,11H2,1H3,(H,19,20). The molecule has 0 saturated carbocycles. The molecule has 0 aliphatic rings. The highest BCUT2D eigenvalue weighted by atomic mass is 32.2. The van der Waals surface area contributed by atoms with E-state index in [1.54, 1.807) is 42.2 Å². The van der Waals surface area contributed by atoms with Gasteiger partial charge in [-0.25, -0.2) is 13.4 Å². The van der Waals surface area contributed by atoms with Crippen molar-refractivity contribution in [2.45, 2.75) is 10.6 Å². The van der Waals surface area contributed by atoms with Gasteiger partial charge in [0.15, 0.2) is 0 Å². The molecule has 0 saturated heterocycles. The third-order valence-corrected chi connectivity index (χ3v) is 6.42. The van der Waals surface area contributed by atoms with Gasteiger partial charge >= 0.3 is 0 Å². The van der Waals surface area contributed by atoms with Crippen molar-refractivity contribution < 1.29 is 8.42 Å². The summed E-state index contributed by atoms with van der Waals surface area (Å²) in [5.74, 6) is 0.305. The number of rotatable bonds is 7. The lowest BCUT2D eigenvalue weighted by molar-refractivity contribution is 0.603. The summed E-state index contributed by atoms with van der Waals surface area (Å²) in [6.45, 7) is 0.825. The number of nitrogens with one attached hydrogen (secondary N) is 1. The van der Waals surface area contributed by atoms with Gasteiger partial charge in [-0.15, -0.1) is 11.3 Å². The Morgan fingerprint density at radius 3 is 2.60 bits per heavy atom. The van der Waals surface area contributed by atoms with E-state index in [1.807, 2.05) is 25.2 Å². The Bertz CT molecular complexity index is 896. The summed E-state index contributed by atoms with van der Waals surface area (Å²) in [6, 6.07) is 10.8. The molecule has 0 amide bonds. The molecular weight excluding hydrogens is 356 g/mol. The highest BCUT2D eigenvalue weighted by molar-refractivity contribution is 7.94. The summed E-state index contributed by atoms with van der Waals surface area (Å²) >= 11 is 1.17. The van der Waals surface area contributed by atoms with E-state index in [1.165, 1.54) is 16.9 Å². The third kappa shape index (κ3) is 4.55. The quantitative estimate of drug-likeness (QED) is 0.688. The van der Waals surface area contributed by atoms with E-state index < -0.39 is 10.0 Å². The molecule has 1 N–H and O–H groups in total. The van der Waals surface area contributed by atoms with Crippen molar-refractivity contribution in [1.82, 2.24) is 9.97 Å². The van der Waals surface area contributed by atoms with Gasteiger partial charge in [0, 0.05) is 26.0 Å². The Morgan fingerprint density at radius 2 is 1.96 bits per heavy atom. The fourth-order valence-electron chi connectivity index (χ4n) is 2.25. The van der Waals surface area contributed by atoms with Crippen LogP contribution in [0.2, 0.25) is 0 Å². The van der Waals surface area contributed by atoms with E-state index in [0.29, 0.717) is 5.82 Å². The second kappa shape index (κ2) is 7.62. The summed E-state index contributed by atoms with van der Waals surface area (Å²) in [6.07, 6.45) is 6.13. The highest BCUT2D eigenvalue weighted by Gasteiger charge is 2.15. The van der Waals surface area contributed by atoms with Crippen LogP contribution in [0, 0.1) is 0 Å². The molecule has 0 aliphatic heterocycles. The minimum atomic E-state index is -3.56. The highest BCUT2D eigenvalue weighted by Crippen LogP contribution is 2.20. The average molecular weight is 374 g/mol. The Labute approximate surface area is 151 Å². The summed E-state index contributed by atoms with van der Waals surface area (Å²) in [7, 11) is -1.58. The summed E-state index contributed by atoms with van der Waals surface area (Å²) in [5.41, 5.74) is 2.14. The maximum absolute atomic E-state index is 12.2. The molecule has 130 valence electrons. The zero-order valence-electron chi connectivity index (χ0n) is 13.7. The van der Waals surface area contributed by atoms with Crippen molar-refractivity contribution in [3.8, 4) is 0 Å². The maximum Gasteiger partial charge on any atom is 0.272 e. The van der Waals surface area contributed by atoms with Crippen molar-refractivity contribution in [2.24, 2.45) is 0 Å². The van der Waals surface area contributed by atoms with Gasteiger partial charge in [-0.1, -0.05) is 6.07 Å². The number of hydrogen-bond donors (Lipinski definition) is 1. The lowest BCUT2D eigenvalue weighted by Gasteiger charge is -2.19. The minimum Gasteiger partial charge on any atom is -0.373 e.